The predicted octanol–water partition coefficient (Wildman–Crippen LogP) is 6.68. The topological polar surface area (TPSA) is 112 Å². The molecule has 1 fully saturated rings. The van der Waals surface area contributed by atoms with Crippen molar-refractivity contribution in [1.82, 2.24) is 24.4 Å². The smallest absolute Gasteiger partial charge is 0.410 e. The molecule has 13 heteroatoms. The Balaban J connectivity index is 1.75. The summed E-state index contributed by atoms with van der Waals surface area (Å²) in [5.74, 6) is -1.39. The summed E-state index contributed by atoms with van der Waals surface area (Å²) in [6.07, 6.45) is 0.552. The fraction of sp³-hybridized carbons (Fsp3) is 0.472. The number of carbonyl (C=O) groups excluding carboxylic acids is 1. The minimum atomic E-state index is -0.807. The molecule has 1 saturated heterocycles. The number of rotatable bonds is 8. The fourth-order valence-electron chi connectivity index (χ4n) is 6.14. The minimum Gasteiger partial charge on any atom is -0.444 e. The van der Waals surface area contributed by atoms with Gasteiger partial charge in [-0.15, -0.1) is 0 Å². The number of amides is 1. The van der Waals surface area contributed by atoms with Gasteiger partial charge in [0.1, 0.15) is 35.5 Å². The van der Waals surface area contributed by atoms with Crippen molar-refractivity contribution < 1.29 is 27.8 Å². The van der Waals surface area contributed by atoms with E-state index in [2.05, 4.69) is 9.97 Å². The largest absolute Gasteiger partial charge is 0.444 e. The van der Waals surface area contributed by atoms with Gasteiger partial charge in [0.25, 0.3) is 0 Å². The average molecular weight is 679 g/mol. The molecule has 49 heavy (non-hydrogen) atoms. The number of ether oxygens (including phenoxy) is 3. The van der Waals surface area contributed by atoms with Crippen LogP contribution in [0.5, 0.6) is 0 Å². The van der Waals surface area contributed by atoms with Gasteiger partial charge in [-0.1, -0.05) is 26.0 Å². The van der Waals surface area contributed by atoms with E-state index in [4.69, 9.17) is 19.2 Å². The van der Waals surface area contributed by atoms with Crippen molar-refractivity contribution in [2.75, 3.05) is 38.4 Å². The highest BCUT2D eigenvalue weighted by Gasteiger charge is 2.33. The maximum absolute atomic E-state index is 16.5. The molecule has 0 saturated carbocycles. The second-order valence-electron chi connectivity index (χ2n) is 13.6. The van der Waals surface area contributed by atoms with Crippen molar-refractivity contribution in [1.29, 1.82) is 0 Å². The molecule has 3 aromatic heterocycles. The summed E-state index contributed by atoms with van der Waals surface area (Å²) in [7, 11) is 1.47. The van der Waals surface area contributed by atoms with Crippen LogP contribution in [0.2, 0.25) is 0 Å². The van der Waals surface area contributed by atoms with Gasteiger partial charge in [0.15, 0.2) is 5.65 Å². The quantitative estimate of drug-likeness (QED) is 0.189. The Kier molecular flexibility index (Phi) is 10.3. The van der Waals surface area contributed by atoms with Crippen LogP contribution in [0.4, 0.5) is 19.4 Å². The molecule has 4 heterocycles. The van der Waals surface area contributed by atoms with Crippen molar-refractivity contribution in [2.45, 2.75) is 79.1 Å². The first-order valence-corrected chi connectivity index (χ1v) is 16.4. The Bertz CT molecular complexity index is 1930. The molecule has 2 atom stereocenters. The number of anilines is 1. The molecule has 1 aromatic carbocycles. The number of methoxy groups -OCH3 is 1. The van der Waals surface area contributed by atoms with E-state index in [0.29, 0.717) is 23.5 Å². The third-order valence-corrected chi connectivity index (χ3v) is 8.43. The van der Waals surface area contributed by atoms with Crippen LogP contribution in [0.15, 0.2) is 41.3 Å². The zero-order valence-electron chi connectivity index (χ0n) is 29.5. The van der Waals surface area contributed by atoms with Crippen LogP contribution in [0, 0.1) is 18.6 Å². The second-order valence-corrected chi connectivity index (χ2v) is 13.6. The van der Waals surface area contributed by atoms with Crippen LogP contribution in [0.1, 0.15) is 77.3 Å². The van der Waals surface area contributed by atoms with E-state index in [1.807, 2.05) is 32.6 Å². The summed E-state index contributed by atoms with van der Waals surface area (Å²) in [5.41, 5.74) is 0.594. The van der Waals surface area contributed by atoms with Crippen LogP contribution in [-0.4, -0.2) is 75.7 Å². The summed E-state index contributed by atoms with van der Waals surface area (Å²) in [6.45, 7) is 15.6. The highest BCUT2D eigenvalue weighted by Crippen LogP contribution is 2.37. The highest BCUT2D eigenvalue weighted by atomic mass is 19.1. The Labute approximate surface area is 284 Å². The van der Waals surface area contributed by atoms with Crippen molar-refractivity contribution in [3.63, 3.8) is 0 Å². The van der Waals surface area contributed by atoms with Crippen molar-refractivity contribution in [2.24, 2.45) is 0 Å². The number of nitrogens with zero attached hydrogens (tertiary/aromatic N) is 6. The van der Waals surface area contributed by atoms with Gasteiger partial charge >= 0.3 is 11.8 Å². The second kappa shape index (κ2) is 14.2. The molecule has 0 aliphatic carbocycles. The maximum Gasteiger partial charge on any atom is 0.410 e. The Morgan fingerprint density at radius 2 is 1.82 bits per heavy atom. The first-order valence-electron chi connectivity index (χ1n) is 16.4. The zero-order valence-corrected chi connectivity index (χ0v) is 29.5. The van der Waals surface area contributed by atoms with E-state index in [1.165, 1.54) is 29.9 Å². The van der Waals surface area contributed by atoms with Crippen LogP contribution in [0.25, 0.3) is 28.0 Å². The Morgan fingerprint density at radius 1 is 1.08 bits per heavy atom. The molecule has 4 aromatic rings. The number of aryl methyl sites for hydroxylation is 1. The molecule has 0 bridgehead atoms. The van der Waals surface area contributed by atoms with Gasteiger partial charge in [-0.3, -0.25) is 4.98 Å². The van der Waals surface area contributed by atoms with Gasteiger partial charge in [0.2, 0.25) is 0 Å². The SMILES string of the molecule is COCOC(C)c1cccc(F)c1-c1nc2c(cc1F)c(N1CCN(C(=O)OC(C)(C)C)C[C@@H]1C)nc(=O)n2-c1c(C)ccnc1C(C)C. The number of fused-ring (bicyclic) bond motifs is 1. The summed E-state index contributed by atoms with van der Waals surface area (Å²) >= 11 is 0. The predicted molar refractivity (Wildman–Crippen MR) is 183 cm³/mol. The fourth-order valence-corrected chi connectivity index (χ4v) is 6.14. The lowest BCUT2D eigenvalue weighted by molar-refractivity contribution is -0.0665. The maximum atomic E-state index is 16.5. The molecular weight excluding hydrogens is 634 g/mol. The lowest BCUT2D eigenvalue weighted by atomic mass is 9.98. The molecule has 1 amide bonds. The third-order valence-electron chi connectivity index (χ3n) is 8.43. The molecule has 0 spiro atoms. The van der Waals surface area contributed by atoms with Gasteiger partial charge in [0, 0.05) is 44.5 Å². The van der Waals surface area contributed by atoms with Gasteiger partial charge in [-0.05, 0) is 76.8 Å². The van der Waals surface area contributed by atoms with E-state index >= 15 is 8.78 Å². The summed E-state index contributed by atoms with van der Waals surface area (Å²) in [6, 6.07) is 7.10. The normalized spacial score (nSPS) is 16.0. The summed E-state index contributed by atoms with van der Waals surface area (Å²) < 4.78 is 49.8. The average Bonchev–Trinajstić information content (AvgIpc) is 3.02. The number of benzene rings is 1. The molecule has 1 aliphatic heterocycles. The standard InChI is InChI=1S/C36H44F2N6O5/c1-20(2)29-31(21(3)13-14-39-29)44-33-25(17-27(38)30(40-33)28-24(11-10-12-26(28)37)23(5)48-19-47-9)32(41-34(44)45)43-16-15-42(18-22(43)4)35(46)49-36(6,7)8/h10-14,17,20,22-23H,15-16,18-19H2,1-9H3/t22-,23?/m0/s1. The van der Waals surface area contributed by atoms with Gasteiger partial charge in [0.05, 0.1) is 22.9 Å². The van der Waals surface area contributed by atoms with Gasteiger partial charge < -0.3 is 24.0 Å². The van der Waals surface area contributed by atoms with E-state index in [-0.39, 0.29) is 60.0 Å². The number of hydrogen-bond donors (Lipinski definition) is 0. The summed E-state index contributed by atoms with van der Waals surface area (Å²) in [5, 5.41) is 0.248. The summed E-state index contributed by atoms with van der Waals surface area (Å²) in [4.78, 5) is 44.4. The Hall–Kier alpha value is -4.49. The van der Waals surface area contributed by atoms with Gasteiger partial charge in [-0.2, -0.15) is 4.98 Å². The first-order chi connectivity index (χ1) is 23.1. The van der Waals surface area contributed by atoms with E-state index in [1.54, 1.807) is 50.9 Å². The lowest BCUT2D eigenvalue weighted by Crippen LogP contribution is -2.55. The van der Waals surface area contributed by atoms with E-state index < -0.39 is 35.1 Å². The molecule has 0 N–H and O–H groups in total. The van der Waals surface area contributed by atoms with E-state index in [9.17, 15) is 9.59 Å². The number of piperazine rings is 1. The lowest BCUT2D eigenvalue weighted by Gasteiger charge is -2.41. The third kappa shape index (κ3) is 7.28. The van der Waals surface area contributed by atoms with Crippen molar-refractivity contribution in [3.05, 3.63) is 75.5 Å². The molecule has 11 nitrogen and oxygen atoms in total. The number of halogens is 2. The van der Waals surface area contributed by atoms with Crippen molar-refractivity contribution >= 4 is 22.9 Å². The monoisotopic (exact) mass is 678 g/mol. The molecule has 1 unspecified atom stereocenters. The van der Waals surface area contributed by atoms with Gasteiger partial charge in [-0.25, -0.2) is 27.9 Å². The molecule has 1 aliphatic rings. The van der Waals surface area contributed by atoms with Crippen LogP contribution in [0.3, 0.4) is 0 Å². The first kappa shape index (κ1) is 35.8. The number of pyridine rings is 2. The number of aromatic nitrogens is 4. The van der Waals surface area contributed by atoms with Crippen LogP contribution >= 0.6 is 0 Å². The number of hydrogen-bond acceptors (Lipinski definition) is 9. The minimum absolute atomic E-state index is 0.0586. The number of carbonyl (C=O) groups is 1. The Morgan fingerprint density at radius 3 is 2.47 bits per heavy atom. The van der Waals surface area contributed by atoms with E-state index in [0.717, 1.165) is 5.56 Å². The molecular formula is C36H44F2N6O5. The molecule has 0 radical (unpaired) electrons. The molecule has 5 rings (SSSR count). The van der Waals surface area contributed by atoms with Crippen molar-refractivity contribution in [3.8, 4) is 16.9 Å². The zero-order chi connectivity index (χ0) is 35.8. The highest BCUT2D eigenvalue weighted by molar-refractivity contribution is 5.91. The van der Waals surface area contributed by atoms with Crippen LogP contribution < -0.4 is 10.6 Å². The molecule has 262 valence electrons. The van der Waals surface area contributed by atoms with Crippen LogP contribution in [-0.2, 0) is 14.2 Å².